The smallest absolute Gasteiger partial charge is 0.266 e. The van der Waals surface area contributed by atoms with Crippen molar-refractivity contribution in [2.24, 2.45) is 0 Å². The lowest BCUT2D eigenvalue weighted by Crippen LogP contribution is -2.29. The third-order valence-electron chi connectivity index (χ3n) is 5.05. The molecule has 4 aromatic carbocycles. The van der Waals surface area contributed by atoms with E-state index < -0.39 is 5.91 Å². The first-order chi connectivity index (χ1) is 15.6. The third-order valence-corrected chi connectivity index (χ3v) is 5.05. The first-order valence-electron chi connectivity index (χ1n) is 9.98. The van der Waals surface area contributed by atoms with Gasteiger partial charge in [-0.15, -0.1) is 0 Å². The summed E-state index contributed by atoms with van der Waals surface area (Å²) in [4.78, 5) is 27.1. The zero-order valence-electron chi connectivity index (χ0n) is 16.9. The number of ether oxygens (including phenoxy) is 2. The van der Waals surface area contributed by atoms with E-state index in [4.69, 9.17) is 15.2 Å². The fourth-order valence-electron chi connectivity index (χ4n) is 3.48. The number of nitrogen functional groups attached to an aromatic ring is 1. The van der Waals surface area contributed by atoms with Crippen molar-refractivity contribution in [3.8, 4) is 23.0 Å². The summed E-state index contributed by atoms with van der Waals surface area (Å²) in [5, 5.41) is 0. The van der Waals surface area contributed by atoms with E-state index in [1.807, 2.05) is 30.3 Å². The lowest BCUT2D eigenvalue weighted by molar-refractivity contribution is 0.0926. The first kappa shape index (κ1) is 19.4. The predicted octanol–water partition coefficient (Wildman–Crippen LogP) is 5.65. The second-order valence-electron chi connectivity index (χ2n) is 7.23. The summed E-state index contributed by atoms with van der Waals surface area (Å²) in [5.74, 6) is 1.58. The average Bonchev–Trinajstić information content (AvgIpc) is 3.06. The van der Waals surface area contributed by atoms with Gasteiger partial charge in [0.1, 0.15) is 23.0 Å². The molecule has 0 saturated heterocycles. The number of fused-ring (bicyclic) bond motifs is 1. The molecule has 4 aromatic rings. The van der Waals surface area contributed by atoms with Gasteiger partial charge in [0.05, 0.1) is 16.8 Å². The Kier molecular flexibility index (Phi) is 4.80. The van der Waals surface area contributed by atoms with Crippen molar-refractivity contribution in [1.82, 2.24) is 0 Å². The first-order valence-corrected chi connectivity index (χ1v) is 9.98. The summed E-state index contributed by atoms with van der Waals surface area (Å²) in [6.07, 6.45) is 0. The molecule has 6 heteroatoms. The van der Waals surface area contributed by atoms with Gasteiger partial charge < -0.3 is 15.2 Å². The number of amides is 2. The van der Waals surface area contributed by atoms with Gasteiger partial charge in [-0.1, -0.05) is 18.2 Å². The summed E-state index contributed by atoms with van der Waals surface area (Å²) in [5.41, 5.74) is 7.43. The van der Waals surface area contributed by atoms with Crippen LogP contribution in [-0.2, 0) is 0 Å². The minimum atomic E-state index is -0.399. The van der Waals surface area contributed by atoms with Crippen LogP contribution in [0.4, 0.5) is 11.4 Å². The Labute approximate surface area is 184 Å². The largest absolute Gasteiger partial charge is 0.457 e. The molecule has 0 radical (unpaired) electrons. The second-order valence-corrected chi connectivity index (χ2v) is 7.23. The molecular weight excluding hydrogens is 404 g/mol. The van der Waals surface area contributed by atoms with Crippen LogP contribution in [-0.4, -0.2) is 11.8 Å². The van der Waals surface area contributed by atoms with E-state index in [0.717, 1.165) is 4.90 Å². The molecule has 0 spiro atoms. The van der Waals surface area contributed by atoms with Crippen molar-refractivity contribution in [3.63, 3.8) is 0 Å². The van der Waals surface area contributed by atoms with Crippen LogP contribution in [0.1, 0.15) is 20.7 Å². The highest BCUT2D eigenvalue weighted by Gasteiger charge is 2.37. The van der Waals surface area contributed by atoms with Crippen LogP contribution >= 0.6 is 0 Å². The van der Waals surface area contributed by atoms with Crippen molar-refractivity contribution in [3.05, 3.63) is 108 Å². The highest BCUT2D eigenvalue weighted by atomic mass is 16.5. The second kappa shape index (κ2) is 7.92. The van der Waals surface area contributed by atoms with E-state index >= 15 is 0 Å². The van der Waals surface area contributed by atoms with Crippen LogP contribution < -0.4 is 20.1 Å². The van der Waals surface area contributed by atoms with E-state index in [1.54, 1.807) is 66.7 Å². The number of hydrogen-bond acceptors (Lipinski definition) is 5. The molecule has 6 nitrogen and oxygen atoms in total. The Morgan fingerprint density at radius 3 is 1.78 bits per heavy atom. The number of imide groups is 1. The van der Waals surface area contributed by atoms with E-state index in [0.29, 0.717) is 45.5 Å². The maximum Gasteiger partial charge on any atom is 0.266 e. The van der Waals surface area contributed by atoms with Gasteiger partial charge in [-0.3, -0.25) is 9.59 Å². The van der Waals surface area contributed by atoms with Crippen LogP contribution in [0.2, 0.25) is 0 Å². The van der Waals surface area contributed by atoms with Crippen LogP contribution in [0, 0.1) is 0 Å². The van der Waals surface area contributed by atoms with Crippen molar-refractivity contribution in [2.75, 3.05) is 10.6 Å². The zero-order valence-corrected chi connectivity index (χ0v) is 16.9. The van der Waals surface area contributed by atoms with E-state index in [2.05, 4.69) is 0 Å². The van der Waals surface area contributed by atoms with Crippen molar-refractivity contribution in [1.29, 1.82) is 0 Å². The molecule has 0 bridgehead atoms. The highest BCUT2D eigenvalue weighted by Crippen LogP contribution is 2.33. The van der Waals surface area contributed by atoms with Gasteiger partial charge in [0.15, 0.2) is 0 Å². The van der Waals surface area contributed by atoms with Gasteiger partial charge in [-0.2, -0.15) is 0 Å². The Bertz CT molecular complexity index is 1300. The predicted molar refractivity (Wildman–Crippen MR) is 121 cm³/mol. The van der Waals surface area contributed by atoms with Crippen LogP contribution in [0.3, 0.4) is 0 Å². The minimum Gasteiger partial charge on any atom is -0.457 e. The molecule has 0 aromatic heterocycles. The highest BCUT2D eigenvalue weighted by molar-refractivity contribution is 6.34. The van der Waals surface area contributed by atoms with Crippen LogP contribution in [0.5, 0.6) is 23.0 Å². The normalized spacial score (nSPS) is 12.6. The number of rotatable bonds is 5. The van der Waals surface area contributed by atoms with Crippen LogP contribution in [0.15, 0.2) is 97.1 Å². The maximum atomic E-state index is 13.0. The van der Waals surface area contributed by atoms with Gasteiger partial charge in [0.2, 0.25) is 0 Å². The van der Waals surface area contributed by atoms with E-state index in [1.165, 1.54) is 0 Å². The van der Waals surface area contributed by atoms with Gasteiger partial charge in [-0.05, 0) is 78.9 Å². The molecule has 0 unspecified atom stereocenters. The fourth-order valence-corrected chi connectivity index (χ4v) is 3.48. The molecule has 0 atom stereocenters. The van der Waals surface area contributed by atoms with E-state index in [9.17, 15) is 9.59 Å². The molecular formula is C26H18N2O4. The summed E-state index contributed by atoms with van der Waals surface area (Å²) >= 11 is 0. The van der Waals surface area contributed by atoms with Gasteiger partial charge >= 0.3 is 0 Å². The topological polar surface area (TPSA) is 81.9 Å². The lowest BCUT2D eigenvalue weighted by Gasteiger charge is -2.14. The summed E-state index contributed by atoms with van der Waals surface area (Å²) in [6.45, 7) is 0. The number of hydrogen-bond donors (Lipinski definition) is 1. The van der Waals surface area contributed by atoms with Crippen LogP contribution in [0.25, 0.3) is 0 Å². The van der Waals surface area contributed by atoms with Crippen molar-refractivity contribution in [2.45, 2.75) is 0 Å². The number of benzene rings is 4. The average molecular weight is 422 g/mol. The molecule has 1 aliphatic rings. The summed E-state index contributed by atoms with van der Waals surface area (Å²) < 4.78 is 11.6. The standard InChI is InChI=1S/C26H18N2O4/c27-17-6-10-20(11-7-17)32-22-14-15-23-24(16-22)26(30)28(25(23)29)18-8-12-21(13-9-18)31-19-4-2-1-3-5-19/h1-16H,27H2. The number of carbonyl (C=O) groups excluding carboxylic acids is 2. The molecule has 1 aliphatic heterocycles. The molecule has 0 fully saturated rings. The number of anilines is 2. The Balaban J connectivity index is 1.36. The zero-order chi connectivity index (χ0) is 22.1. The minimum absolute atomic E-state index is 0.299. The maximum absolute atomic E-state index is 13.0. The van der Waals surface area contributed by atoms with Gasteiger partial charge in [-0.25, -0.2) is 4.90 Å². The number of para-hydroxylation sites is 1. The number of nitrogens with two attached hydrogens (primary N) is 1. The lowest BCUT2D eigenvalue weighted by atomic mass is 10.1. The molecule has 5 rings (SSSR count). The molecule has 2 N–H and O–H groups in total. The Morgan fingerprint density at radius 1 is 0.562 bits per heavy atom. The van der Waals surface area contributed by atoms with Crippen molar-refractivity contribution < 1.29 is 19.1 Å². The Morgan fingerprint density at radius 2 is 1.09 bits per heavy atom. The molecule has 2 amide bonds. The van der Waals surface area contributed by atoms with Gasteiger partial charge in [0.25, 0.3) is 11.8 Å². The molecule has 32 heavy (non-hydrogen) atoms. The third kappa shape index (κ3) is 3.65. The summed E-state index contributed by atoms with van der Waals surface area (Å²) in [7, 11) is 0. The molecule has 0 saturated carbocycles. The van der Waals surface area contributed by atoms with E-state index in [-0.39, 0.29) is 5.91 Å². The van der Waals surface area contributed by atoms with Gasteiger partial charge in [0, 0.05) is 5.69 Å². The Hall–Kier alpha value is -4.58. The number of carbonyl (C=O) groups is 2. The SMILES string of the molecule is Nc1ccc(Oc2ccc3c(c2)C(=O)N(c2ccc(Oc4ccccc4)cc2)C3=O)cc1. The quantitative estimate of drug-likeness (QED) is 0.332. The number of nitrogens with zero attached hydrogens (tertiary/aromatic N) is 1. The molecule has 156 valence electrons. The molecule has 0 aliphatic carbocycles. The summed E-state index contributed by atoms with van der Waals surface area (Å²) in [6, 6.07) is 28.0. The fraction of sp³-hybridized carbons (Fsp3) is 0. The van der Waals surface area contributed by atoms with Crippen molar-refractivity contribution >= 4 is 23.2 Å². The monoisotopic (exact) mass is 422 g/mol. The molecule has 1 heterocycles.